The predicted octanol–water partition coefficient (Wildman–Crippen LogP) is 2.14. The summed E-state index contributed by atoms with van der Waals surface area (Å²) in [6, 6.07) is 9.05. The standard InChI is InChI=1S/C10H6N2OS/c13-7-3-1-6-2-4-9-10(8(6)5-7)11-12-14-9/h1-5,12H. The van der Waals surface area contributed by atoms with E-state index in [0.717, 1.165) is 21.0 Å². The van der Waals surface area contributed by atoms with Gasteiger partial charge in [0.25, 0.3) is 0 Å². The van der Waals surface area contributed by atoms with Crippen molar-refractivity contribution in [3.8, 4) is 0 Å². The van der Waals surface area contributed by atoms with Crippen molar-refractivity contribution >= 4 is 32.5 Å². The molecule has 3 aromatic rings. The Morgan fingerprint density at radius 3 is 3.00 bits per heavy atom. The molecule has 0 bridgehead atoms. The van der Waals surface area contributed by atoms with E-state index in [4.69, 9.17) is 0 Å². The summed E-state index contributed by atoms with van der Waals surface area (Å²) < 4.78 is 3.91. The lowest BCUT2D eigenvalue weighted by Crippen LogP contribution is -1.94. The van der Waals surface area contributed by atoms with Crippen LogP contribution in [-0.4, -0.2) is 9.59 Å². The summed E-state index contributed by atoms with van der Waals surface area (Å²) in [5.41, 5.74) is 0.906. The van der Waals surface area contributed by atoms with Gasteiger partial charge in [0, 0.05) is 5.39 Å². The van der Waals surface area contributed by atoms with Crippen LogP contribution >= 0.6 is 11.5 Å². The van der Waals surface area contributed by atoms with Crippen LogP contribution in [-0.2, 0) is 0 Å². The van der Waals surface area contributed by atoms with Gasteiger partial charge >= 0.3 is 0 Å². The molecular formula is C10H6N2OS. The van der Waals surface area contributed by atoms with Crippen LogP contribution in [0.1, 0.15) is 0 Å². The van der Waals surface area contributed by atoms with E-state index in [1.807, 2.05) is 18.2 Å². The van der Waals surface area contributed by atoms with E-state index in [2.05, 4.69) is 9.59 Å². The van der Waals surface area contributed by atoms with Crippen LogP contribution in [0.2, 0.25) is 0 Å². The van der Waals surface area contributed by atoms with Gasteiger partial charge in [0.15, 0.2) is 5.43 Å². The monoisotopic (exact) mass is 202 g/mol. The molecule has 0 spiro atoms. The summed E-state index contributed by atoms with van der Waals surface area (Å²) in [6.45, 7) is 0. The first-order valence-electron chi connectivity index (χ1n) is 4.21. The Balaban J connectivity index is 2.66. The van der Waals surface area contributed by atoms with Gasteiger partial charge in [0.1, 0.15) is 5.52 Å². The number of aromatic nitrogens is 2. The maximum Gasteiger partial charge on any atom is 0.179 e. The minimum Gasteiger partial charge on any atom is -0.290 e. The molecule has 3 rings (SSSR count). The summed E-state index contributed by atoms with van der Waals surface area (Å²) in [6.07, 6.45) is 0. The molecule has 0 aliphatic carbocycles. The lowest BCUT2D eigenvalue weighted by Gasteiger charge is -1.95. The first kappa shape index (κ1) is 7.70. The largest absolute Gasteiger partial charge is 0.290 e. The first-order valence-corrected chi connectivity index (χ1v) is 5.02. The molecule has 1 heterocycles. The van der Waals surface area contributed by atoms with E-state index in [0.29, 0.717) is 0 Å². The smallest absolute Gasteiger partial charge is 0.179 e. The van der Waals surface area contributed by atoms with Crippen LogP contribution in [0.25, 0.3) is 21.0 Å². The molecule has 3 nitrogen and oxygen atoms in total. The van der Waals surface area contributed by atoms with Crippen molar-refractivity contribution in [3.05, 3.63) is 40.6 Å². The van der Waals surface area contributed by atoms with Crippen LogP contribution in [0.3, 0.4) is 0 Å². The number of nitrogens with one attached hydrogen (secondary N) is 1. The zero-order chi connectivity index (χ0) is 9.54. The molecule has 0 atom stereocenters. The van der Waals surface area contributed by atoms with E-state index in [9.17, 15) is 4.79 Å². The van der Waals surface area contributed by atoms with Gasteiger partial charge in [-0.1, -0.05) is 12.1 Å². The first-order chi connectivity index (χ1) is 6.84. The Bertz CT molecular complexity index is 668. The molecule has 4 heteroatoms. The van der Waals surface area contributed by atoms with Crippen molar-refractivity contribution < 1.29 is 0 Å². The fourth-order valence-electron chi connectivity index (χ4n) is 1.58. The molecule has 1 aromatic heterocycles. The molecule has 0 unspecified atom stereocenters. The fourth-order valence-corrected chi connectivity index (χ4v) is 2.20. The van der Waals surface area contributed by atoms with E-state index in [1.165, 1.54) is 11.5 Å². The highest BCUT2D eigenvalue weighted by atomic mass is 32.1. The molecule has 0 radical (unpaired) electrons. The van der Waals surface area contributed by atoms with Gasteiger partial charge in [0.2, 0.25) is 0 Å². The van der Waals surface area contributed by atoms with E-state index in [1.54, 1.807) is 12.1 Å². The Morgan fingerprint density at radius 2 is 2.07 bits per heavy atom. The van der Waals surface area contributed by atoms with Gasteiger partial charge in [-0.15, -0.1) is 0 Å². The molecule has 0 amide bonds. The van der Waals surface area contributed by atoms with Gasteiger partial charge in [-0.3, -0.25) is 4.79 Å². The van der Waals surface area contributed by atoms with Crippen LogP contribution in [0.15, 0.2) is 35.1 Å². The Morgan fingerprint density at radius 1 is 1.21 bits per heavy atom. The summed E-state index contributed by atoms with van der Waals surface area (Å²) in [5, 5.41) is 6.12. The Labute approximate surface area is 83.1 Å². The molecule has 1 N–H and O–H groups in total. The van der Waals surface area contributed by atoms with Gasteiger partial charge < -0.3 is 0 Å². The summed E-state index contributed by atoms with van der Waals surface area (Å²) in [5.74, 6) is 0. The van der Waals surface area contributed by atoms with Gasteiger partial charge in [-0.2, -0.15) is 5.10 Å². The van der Waals surface area contributed by atoms with E-state index < -0.39 is 0 Å². The van der Waals surface area contributed by atoms with Crippen LogP contribution < -0.4 is 5.43 Å². The number of hydrogen-bond donors (Lipinski definition) is 1. The second kappa shape index (κ2) is 2.65. The van der Waals surface area contributed by atoms with Crippen molar-refractivity contribution in [3.63, 3.8) is 0 Å². The van der Waals surface area contributed by atoms with Gasteiger partial charge in [0.05, 0.1) is 4.70 Å². The van der Waals surface area contributed by atoms with Crippen molar-refractivity contribution in [2.45, 2.75) is 0 Å². The molecule has 0 fully saturated rings. The highest BCUT2D eigenvalue weighted by Gasteiger charge is 2.02. The van der Waals surface area contributed by atoms with Crippen LogP contribution in [0, 0.1) is 0 Å². The third-order valence-corrected chi connectivity index (χ3v) is 2.97. The fraction of sp³-hybridized carbons (Fsp3) is 0. The normalized spacial score (nSPS) is 11.1. The van der Waals surface area contributed by atoms with Crippen molar-refractivity contribution in [2.24, 2.45) is 0 Å². The number of aromatic amines is 1. The molecule has 0 saturated carbocycles. The van der Waals surface area contributed by atoms with Gasteiger partial charge in [-0.25, -0.2) is 4.49 Å². The summed E-state index contributed by atoms with van der Waals surface area (Å²) in [7, 11) is 0. The molecule has 68 valence electrons. The lowest BCUT2D eigenvalue weighted by atomic mass is 10.1. The SMILES string of the molecule is O=c1ccc2ccc3s[nH]nc3c2c1. The van der Waals surface area contributed by atoms with E-state index in [-0.39, 0.29) is 5.43 Å². The topological polar surface area (TPSA) is 45.8 Å². The number of benzene rings is 2. The second-order valence-corrected chi connectivity index (χ2v) is 3.93. The Kier molecular flexibility index (Phi) is 1.46. The maximum absolute atomic E-state index is 11.2. The molecule has 0 aliphatic heterocycles. The van der Waals surface area contributed by atoms with Crippen molar-refractivity contribution in [1.29, 1.82) is 0 Å². The number of H-pyrrole nitrogens is 1. The molecule has 2 aromatic carbocycles. The number of nitrogens with zero attached hydrogens (tertiary/aromatic N) is 1. The average molecular weight is 202 g/mol. The zero-order valence-electron chi connectivity index (χ0n) is 7.15. The quantitative estimate of drug-likeness (QED) is 0.607. The number of fused-ring (bicyclic) bond motifs is 3. The maximum atomic E-state index is 11.2. The summed E-state index contributed by atoms with van der Waals surface area (Å²) >= 11 is 1.47. The third kappa shape index (κ3) is 0.975. The van der Waals surface area contributed by atoms with Crippen LogP contribution in [0.4, 0.5) is 0 Å². The second-order valence-electron chi connectivity index (χ2n) is 3.10. The lowest BCUT2D eigenvalue weighted by molar-refractivity contribution is 1.20. The minimum absolute atomic E-state index is 0.0259. The van der Waals surface area contributed by atoms with Gasteiger partial charge in [-0.05, 0) is 35.1 Å². The highest BCUT2D eigenvalue weighted by Crippen LogP contribution is 2.23. The minimum atomic E-state index is 0.0259. The zero-order valence-corrected chi connectivity index (χ0v) is 7.97. The Hall–Kier alpha value is -1.68. The number of hydrogen-bond acceptors (Lipinski definition) is 3. The molecule has 14 heavy (non-hydrogen) atoms. The molecule has 0 aliphatic rings. The average Bonchev–Trinajstić information content (AvgIpc) is 2.65. The highest BCUT2D eigenvalue weighted by molar-refractivity contribution is 7.13. The number of rotatable bonds is 0. The van der Waals surface area contributed by atoms with Crippen molar-refractivity contribution in [2.75, 3.05) is 0 Å². The van der Waals surface area contributed by atoms with Crippen molar-refractivity contribution in [1.82, 2.24) is 9.59 Å². The molecule has 0 saturated heterocycles. The summed E-state index contributed by atoms with van der Waals surface area (Å²) in [4.78, 5) is 11.2. The predicted molar refractivity (Wildman–Crippen MR) is 57.7 cm³/mol. The van der Waals surface area contributed by atoms with E-state index >= 15 is 0 Å². The molecular weight excluding hydrogens is 196 g/mol. The third-order valence-electron chi connectivity index (χ3n) is 2.24. The van der Waals surface area contributed by atoms with Crippen LogP contribution in [0.5, 0.6) is 0 Å².